The molecule has 2 aromatic rings. The standard InChI is InChI=1S/C20H21F2N3O/c21-14-10-17(20(23)26)25(11-14)18(13-4-2-1-3-5-13)16-9-8-15(12-6-7-12)19(22)24-16/h1-5,8-9,12,14,17-18H,6-7,10-11H2,(H2,23,26)/t14?,17?,18-/m0/s1. The Morgan fingerprint density at radius 3 is 2.54 bits per heavy atom. The number of alkyl halides is 1. The number of rotatable bonds is 5. The van der Waals surface area contributed by atoms with Crippen LogP contribution in [0.3, 0.4) is 0 Å². The molecule has 2 aliphatic rings. The number of aromatic nitrogens is 1. The fraction of sp³-hybridized carbons (Fsp3) is 0.400. The van der Waals surface area contributed by atoms with Crippen molar-refractivity contribution in [3.05, 3.63) is 65.2 Å². The number of hydrogen-bond donors (Lipinski definition) is 1. The van der Waals surface area contributed by atoms with Crippen LogP contribution in [0.1, 0.15) is 48.0 Å². The number of hydrogen-bond acceptors (Lipinski definition) is 3. The first-order valence-corrected chi connectivity index (χ1v) is 8.95. The number of nitrogens with zero attached hydrogens (tertiary/aromatic N) is 2. The minimum absolute atomic E-state index is 0.0569. The van der Waals surface area contributed by atoms with Crippen LogP contribution in [-0.4, -0.2) is 34.5 Å². The summed E-state index contributed by atoms with van der Waals surface area (Å²) < 4.78 is 28.6. The van der Waals surface area contributed by atoms with Gasteiger partial charge in [-0.15, -0.1) is 0 Å². The Kier molecular flexibility index (Phi) is 4.44. The first kappa shape index (κ1) is 17.1. The molecule has 2 heterocycles. The lowest BCUT2D eigenvalue weighted by molar-refractivity contribution is -0.122. The Morgan fingerprint density at radius 2 is 1.92 bits per heavy atom. The van der Waals surface area contributed by atoms with E-state index in [1.807, 2.05) is 30.3 Å². The van der Waals surface area contributed by atoms with Crippen LogP contribution in [0.15, 0.2) is 42.5 Å². The van der Waals surface area contributed by atoms with Crippen molar-refractivity contribution in [2.45, 2.75) is 43.4 Å². The lowest BCUT2D eigenvalue weighted by Crippen LogP contribution is -2.43. The molecule has 1 saturated heterocycles. The van der Waals surface area contributed by atoms with Gasteiger partial charge in [-0.05, 0) is 30.4 Å². The summed E-state index contributed by atoms with van der Waals surface area (Å²) in [7, 11) is 0. The highest BCUT2D eigenvalue weighted by Crippen LogP contribution is 2.42. The molecule has 0 radical (unpaired) electrons. The Morgan fingerprint density at radius 1 is 1.19 bits per heavy atom. The average Bonchev–Trinajstić information content (AvgIpc) is 3.38. The number of primary amides is 1. The molecule has 1 aromatic carbocycles. The molecule has 1 aromatic heterocycles. The number of carbonyl (C=O) groups excluding carboxylic acids is 1. The SMILES string of the molecule is NC(=O)C1CC(F)CN1[C@@H](c1ccccc1)c1ccc(C2CC2)c(F)n1. The summed E-state index contributed by atoms with van der Waals surface area (Å²) in [5.41, 5.74) is 7.44. The summed E-state index contributed by atoms with van der Waals surface area (Å²) in [6.07, 6.45) is 0.884. The maximum Gasteiger partial charge on any atom is 0.234 e. The third kappa shape index (κ3) is 3.21. The largest absolute Gasteiger partial charge is 0.368 e. The van der Waals surface area contributed by atoms with Crippen LogP contribution >= 0.6 is 0 Å². The number of carbonyl (C=O) groups is 1. The molecule has 2 unspecified atom stereocenters. The molecule has 1 aliphatic carbocycles. The van der Waals surface area contributed by atoms with Crippen LogP contribution in [0.25, 0.3) is 0 Å². The third-order valence-electron chi connectivity index (χ3n) is 5.26. The molecule has 3 atom stereocenters. The van der Waals surface area contributed by atoms with Crippen LogP contribution < -0.4 is 5.73 Å². The van der Waals surface area contributed by atoms with Crippen molar-refractivity contribution >= 4 is 5.91 Å². The summed E-state index contributed by atoms with van der Waals surface area (Å²) in [6, 6.07) is 11.7. The molecule has 136 valence electrons. The summed E-state index contributed by atoms with van der Waals surface area (Å²) >= 11 is 0. The lowest BCUT2D eigenvalue weighted by Gasteiger charge is -2.31. The van der Waals surface area contributed by atoms with Crippen LogP contribution in [0, 0.1) is 5.95 Å². The van der Waals surface area contributed by atoms with E-state index in [9.17, 15) is 13.6 Å². The summed E-state index contributed by atoms with van der Waals surface area (Å²) in [5, 5.41) is 0. The molecule has 1 aliphatic heterocycles. The molecule has 4 rings (SSSR count). The highest BCUT2D eigenvalue weighted by atomic mass is 19.1. The van der Waals surface area contributed by atoms with Crippen molar-refractivity contribution in [1.82, 2.24) is 9.88 Å². The van der Waals surface area contributed by atoms with Gasteiger partial charge in [-0.25, -0.2) is 9.37 Å². The molecular formula is C20H21F2N3O. The molecule has 6 heteroatoms. The van der Waals surface area contributed by atoms with Gasteiger partial charge in [0.25, 0.3) is 0 Å². The zero-order chi connectivity index (χ0) is 18.3. The van der Waals surface area contributed by atoms with E-state index in [1.54, 1.807) is 17.0 Å². The van der Waals surface area contributed by atoms with Crippen molar-refractivity contribution in [3.63, 3.8) is 0 Å². The number of likely N-dealkylation sites (tertiary alicyclic amines) is 1. The number of benzene rings is 1. The highest BCUT2D eigenvalue weighted by molar-refractivity contribution is 5.80. The molecule has 1 saturated carbocycles. The van der Waals surface area contributed by atoms with Gasteiger partial charge in [-0.3, -0.25) is 9.69 Å². The van der Waals surface area contributed by atoms with E-state index in [2.05, 4.69) is 4.98 Å². The molecular weight excluding hydrogens is 336 g/mol. The molecule has 2 N–H and O–H groups in total. The van der Waals surface area contributed by atoms with E-state index in [4.69, 9.17) is 5.73 Å². The number of amides is 1. The van der Waals surface area contributed by atoms with Crippen molar-refractivity contribution in [2.75, 3.05) is 6.54 Å². The predicted molar refractivity (Wildman–Crippen MR) is 93.7 cm³/mol. The first-order chi connectivity index (χ1) is 12.5. The second-order valence-electron chi connectivity index (χ2n) is 7.15. The van der Waals surface area contributed by atoms with E-state index in [-0.39, 0.29) is 18.9 Å². The Labute approximate surface area is 151 Å². The van der Waals surface area contributed by atoms with Crippen molar-refractivity contribution in [1.29, 1.82) is 0 Å². The van der Waals surface area contributed by atoms with Crippen molar-refractivity contribution in [2.24, 2.45) is 5.73 Å². The maximum absolute atomic E-state index is 14.5. The van der Waals surface area contributed by atoms with E-state index >= 15 is 0 Å². The van der Waals surface area contributed by atoms with Gasteiger partial charge in [-0.1, -0.05) is 36.4 Å². The zero-order valence-corrected chi connectivity index (χ0v) is 14.3. The van der Waals surface area contributed by atoms with Crippen LogP contribution in [0.4, 0.5) is 8.78 Å². The summed E-state index contributed by atoms with van der Waals surface area (Å²) in [5.74, 6) is -0.786. The smallest absolute Gasteiger partial charge is 0.234 e. The predicted octanol–water partition coefficient (Wildman–Crippen LogP) is 3.09. The Balaban J connectivity index is 1.76. The van der Waals surface area contributed by atoms with Gasteiger partial charge in [0, 0.05) is 18.5 Å². The molecule has 26 heavy (non-hydrogen) atoms. The van der Waals surface area contributed by atoms with Gasteiger partial charge in [-0.2, -0.15) is 4.39 Å². The van der Waals surface area contributed by atoms with E-state index in [0.717, 1.165) is 18.4 Å². The van der Waals surface area contributed by atoms with Crippen LogP contribution in [-0.2, 0) is 4.79 Å². The second kappa shape index (κ2) is 6.76. The molecule has 2 fully saturated rings. The average molecular weight is 357 g/mol. The van der Waals surface area contributed by atoms with Crippen molar-refractivity contribution < 1.29 is 13.6 Å². The minimum atomic E-state index is -1.14. The number of pyridine rings is 1. The van der Waals surface area contributed by atoms with Crippen molar-refractivity contribution in [3.8, 4) is 0 Å². The zero-order valence-electron chi connectivity index (χ0n) is 14.3. The van der Waals surface area contributed by atoms with E-state index < -0.39 is 30.1 Å². The highest BCUT2D eigenvalue weighted by Gasteiger charge is 2.41. The Hall–Kier alpha value is -2.34. The first-order valence-electron chi connectivity index (χ1n) is 8.95. The normalized spacial score (nSPS) is 24.5. The third-order valence-corrected chi connectivity index (χ3v) is 5.26. The fourth-order valence-corrected chi connectivity index (χ4v) is 3.85. The van der Waals surface area contributed by atoms with Gasteiger partial charge in [0.2, 0.25) is 11.9 Å². The van der Waals surface area contributed by atoms with E-state index in [1.165, 1.54) is 0 Å². The van der Waals surface area contributed by atoms with Gasteiger partial charge in [0.05, 0.1) is 17.8 Å². The quantitative estimate of drug-likeness (QED) is 0.837. The molecule has 0 spiro atoms. The van der Waals surface area contributed by atoms with Crippen LogP contribution in [0.2, 0.25) is 0 Å². The van der Waals surface area contributed by atoms with Crippen LogP contribution in [0.5, 0.6) is 0 Å². The van der Waals surface area contributed by atoms with Gasteiger partial charge in [0.15, 0.2) is 0 Å². The topological polar surface area (TPSA) is 59.2 Å². The monoisotopic (exact) mass is 357 g/mol. The second-order valence-corrected chi connectivity index (χ2v) is 7.15. The summed E-state index contributed by atoms with van der Waals surface area (Å²) in [4.78, 5) is 17.8. The molecule has 0 bridgehead atoms. The van der Waals surface area contributed by atoms with E-state index in [0.29, 0.717) is 11.3 Å². The fourth-order valence-electron chi connectivity index (χ4n) is 3.85. The van der Waals surface area contributed by atoms with Gasteiger partial charge < -0.3 is 5.73 Å². The number of nitrogens with two attached hydrogens (primary N) is 1. The minimum Gasteiger partial charge on any atom is -0.368 e. The Bertz CT molecular complexity index is 810. The summed E-state index contributed by atoms with van der Waals surface area (Å²) in [6.45, 7) is 0.0703. The lowest BCUT2D eigenvalue weighted by atomic mass is 9.99. The maximum atomic E-state index is 14.5. The molecule has 4 nitrogen and oxygen atoms in total. The number of halogens is 2. The van der Waals surface area contributed by atoms with Gasteiger partial charge >= 0.3 is 0 Å². The molecule has 1 amide bonds. The van der Waals surface area contributed by atoms with Gasteiger partial charge in [0.1, 0.15) is 6.17 Å².